The topological polar surface area (TPSA) is 42.2 Å². The van der Waals surface area contributed by atoms with Crippen molar-refractivity contribution in [1.29, 1.82) is 5.26 Å². The van der Waals surface area contributed by atoms with E-state index < -0.39 is 12.1 Å². The number of methoxy groups -OCH3 is 1. The van der Waals surface area contributed by atoms with Gasteiger partial charge < -0.3 is 9.47 Å². The van der Waals surface area contributed by atoms with Crippen molar-refractivity contribution in [2.75, 3.05) is 7.11 Å². The number of nitriles is 1. The van der Waals surface area contributed by atoms with Crippen LogP contribution in [0.4, 0.5) is 13.2 Å². The van der Waals surface area contributed by atoms with Crippen LogP contribution < -0.4 is 9.47 Å². The van der Waals surface area contributed by atoms with E-state index in [1.54, 1.807) is 30.3 Å². The quantitative estimate of drug-likeness (QED) is 0.854. The van der Waals surface area contributed by atoms with Gasteiger partial charge >= 0.3 is 6.36 Å². The van der Waals surface area contributed by atoms with Crippen LogP contribution in [-0.2, 0) is 0 Å². The summed E-state index contributed by atoms with van der Waals surface area (Å²) in [5.74, 6) is 0.151. The van der Waals surface area contributed by atoms with Crippen molar-refractivity contribution in [3.8, 4) is 28.7 Å². The third kappa shape index (κ3) is 3.66. The molecule has 0 unspecified atom stereocenters. The Morgan fingerprint density at radius 1 is 1.00 bits per heavy atom. The van der Waals surface area contributed by atoms with Crippen molar-refractivity contribution in [2.45, 2.75) is 6.36 Å². The van der Waals surface area contributed by atoms with Crippen LogP contribution in [0.5, 0.6) is 11.5 Å². The second-order valence-corrected chi connectivity index (χ2v) is 4.10. The van der Waals surface area contributed by atoms with Crippen LogP contribution in [0.2, 0.25) is 0 Å². The summed E-state index contributed by atoms with van der Waals surface area (Å²) in [5, 5.41) is 8.95. The summed E-state index contributed by atoms with van der Waals surface area (Å²) in [6, 6.07) is 12.6. The summed E-state index contributed by atoms with van der Waals surface area (Å²) < 4.78 is 45.5. The third-order valence-electron chi connectivity index (χ3n) is 2.75. The molecule has 0 saturated carbocycles. The lowest BCUT2D eigenvalue weighted by Crippen LogP contribution is -2.17. The molecule has 0 N–H and O–H groups in total. The summed E-state index contributed by atoms with van der Waals surface area (Å²) >= 11 is 0. The number of ether oxygens (including phenoxy) is 2. The maximum Gasteiger partial charge on any atom is 0.573 e. The summed E-state index contributed by atoms with van der Waals surface area (Å²) in [5.41, 5.74) is 1.19. The normalized spacial score (nSPS) is 10.8. The first-order chi connectivity index (χ1) is 9.93. The first-order valence-corrected chi connectivity index (χ1v) is 5.87. The molecule has 6 heteroatoms. The van der Waals surface area contributed by atoms with Crippen LogP contribution in [0.15, 0.2) is 42.5 Å². The largest absolute Gasteiger partial charge is 0.573 e. The molecule has 2 aromatic carbocycles. The monoisotopic (exact) mass is 293 g/mol. The second-order valence-electron chi connectivity index (χ2n) is 4.10. The molecule has 0 aromatic heterocycles. The van der Waals surface area contributed by atoms with Gasteiger partial charge in [0.05, 0.1) is 12.7 Å². The van der Waals surface area contributed by atoms with E-state index in [0.717, 1.165) is 11.6 Å². The number of alkyl halides is 3. The van der Waals surface area contributed by atoms with Crippen LogP contribution in [0, 0.1) is 11.3 Å². The van der Waals surface area contributed by atoms with Crippen molar-refractivity contribution in [3.05, 3.63) is 48.0 Å². The summed E-state index contributed by atoms with van der Waals surface area (Å²) in [4.78, 5) is 0. The molecule has 0 amide bonds. The van der Waals surface area contributed by atoms with Crippen LogP contribution in [0.25, 0.3) is 11.1 Å². The molecule has 0 aliphatic heterocycles. The molecule has 21 heavy (non-hydrogen) atoms. The molecule has 3 nitrogen and oxygen atoms in total. The maximum absolute atomic E-state index is 12.2. The molecule has 0 aliphatic rings. The fourth-order valence-corrected chi connectivity index (χ4v) is 1.79. The Labute approximate surface area is 119 Å². The van der Waals surface area contributed by atoms with Crippen molar-refractivity contribution in [3.63, 3.8) is 0 Å². The molecule has 108 valence electrons. The first kappa shape index (κ1) is 14.7. The molecule has 0 fully saturated rings. The van der Waals surface area contributed by atoms with Gasteiger partial charge in [-0.3, -0.25) is 0 Å². The lowest BCUT2D eigenvalue weighted by atomic mass is 10.0. The first-order valence-electron chi connectivity index (χ1n) is 5.87. The summed E-state index contributed by atoms with van der Waals surface area (Å²) in [7, 11) is 1.53. The van der Waals surface area contributed by atoms with E-state index in [1.165, 1.54) is 19.2 Å². The molecule has 0 heterocycles. The zero-order chi connectivity index (χ0) is 15.5. The lowest BCUT2D eigenvalue weighted by molar-refractivity contribution is -0.274. The number of rotatable bonds is 3. The van der Waals surface area contributed by atoms with Crippen LogP contribution in [0.1, 0.15) is 5.56 Å². The Balaban J connectivity index is 2.36. The fraction of sp³-hybridized carbons (Fsp3) is 0.133. The smallest absolute Gasteiger partial charge is 0.497 e. The fourth-order valence-electron chi connectivity index (χ4n) is 1.79. The highest BCUT2D eigenvalue weighted by Crippen LogP contribution is 2.30. The second kappa shape index (κ2) is 5.75. The third-order valence-corrected chi connectivity index (χ3v) is 2.75. The van der Waals surface area contributed by atoms with E-state index in [0.29, 0.717) is 11.3 Å². The Morgan fingerprint density at radius 3 is 2.14 bits per heavy atom. The maximum atomic E-state index is 12.2. The molecule has 0 spiro atoms. The molecule has 0 aliphatic carbocycles. The summed E-state index contributed by atoms with van der Waals surface area (Å²) in [6.07, 6.45) is -4.83. The Hall–Kier alpha value is -2.68. The zero-order valence-electron chi connectivity index (χ0n) is 10.9. The highest BCUT2D eigenvalue weighted by atomic mass is 19.4. The molecule has 0 atom stereocenters. The van der Waals surface area contributed by atoms with Gasteiger partial charge in [-0.05, 0) is 35.4 Å². The van der Waals surface area contributed by atoms with Gasteiger partial charge in [0.15, 0.2) is 0 Å². The predicted octanol–water partition coefficient (Wildman–Crippen LogP) is 4.13. The van der Waals surface area contributed by atoms with Crippen molar-refractivity contribution >= 4 is 0 Å². The average Bonchev–Trinajstić information content (AvgIpc) is 2.46. The van der Waals surface area contributed by atoms with Gasteiger partial charge in [-0.25, -0.2) is 0 Å². The van der Waals surface area contributed by atoms with E-state index in [9.17, 15) is 13.2 Å². The molecule has 2 rings (SSSR count). The van der Waals surface area contributed by atoms with Gasteiger partial charge in [-0.1, -0.05) is 18.2 Å². The van der Waals surface area contributed by atoms with Gasteiger partial charge in [-0.2, -0.15) is 5.26 Å². The SMILES string of the molecule is COc1ccc(-c2ccc(OC(F)(F)F)c(C#N)c2)cc1. The lowest BCUT2D eigenvalue weighted by Gasteiger charge is -2.11. The predicted molar refractivity (Wildman–Crippen MR) is 69.8 cm³/mol. The van der Waals surface area contributed by atoms with E-state index >= 15 is 0 Å². The van der Waals surface area contributed by atoms with Gasteiger partial charge in [0.25, 0.3) is 0 Å². The van der Waals surface area contributed by atoms with Crippen molar-refractivity contribution in [2.24, 2.45) is 0 Å². The van der Waals surface area contributed by atoms with E-state index in [2.05, 4.69) is 4.74 Å². The van der Waals surface area contributed by atoms with Gasteiger partial charge in [0.2, 0.25) is 0 Å². The molecular weight excluding hydrogens is 283 g/mol. The van der Waals surface area contributed by atoms with Gasteiger partial charge in [0.1, 0.15) is 17.6 Å². The van der Waals surface area contributed by atoms with Crippen LogP contribution in [0.3, 0.4) is 0 Å². The van der Waals surface area contributed by atoms with E-state index in [1.807, 2.05) is 0 Å². The number of benzene rings is 2. The minimum atomic E-state index is -4.83. The van der Waals surface area contributed by atoms with Crippen molar-refractivity contribution in [1.82, 2.24) is 0 Å². The minimum absolute atomic E-state index is 0.180. The number of hydrogen-bond acceptors (Lipinski definition) is 3. The zero-order valence-corrected chi connectivity index (χ0v) is 10.9. The number of nitrogens with zero attached hydrogens (tertiary/aromatic N) is 1. The molecule has 0 radical (unpaired) electrons. The highest BCUT2D eigenvalue weighted by Gasteiger charge is 2.32. The number of hydrogen-bond donors (Lipinski definition) is 0. The van der Waals surface area contributed by atoms with Gasteiger partial charge in [0, 0.05) is 0 Å². The molecular formula is C15H10F3NO2. The van der Waals surface area contributed by atoms with Gasteiger partial charge in [-0.15, -0.1) is 13.2 Å². The Kier molecular flexibility index (Phi) is 4.03. The minimum Gasteiger partial charge on any atom is -0.497 e. The molecule has 0 bridgehead atoms. The average molecular weight is 293 g/mol. The van der Waals surface area contributed by atoms with E-state index in [4.69, 9.17) is 10.00 Å². The van der Waals surface area contributed by atoms with Crippen LogP contribution >= 0.6 is 0 Å². The summed E-state index contributed by atoms with van der Waals surface area (Å²) in [6.45, 7) is 0. The molecule has 2 aromatic rings. The van der Waals surface area contributed by atoms with Crippen LogP contribution in [-0.4, -0.2) is 13.5 Å². The Bertz CT molecular complexity index is 673. The van der Waals surface area contributed by atoms with E-state index in [-0.39, 0.29) is 5.56 Å². The highest BCUT2D eigenvalue weighted by molar-refractivity contribution is 5.67. The number of halogens is 3. The molecule has 0 saturated heterocycles. The van der Waals surface area contributed by atoms with Crippen molar-refractivity contribution < 1.29 is 22.6 Å². The standard InChI is InChI=1S/C15H10F3NO2/c1-20-13-5-2-10(3-6-13)11-4-7-14(12(8-11)9-19)21-15(16,17)18/h2-8H,1H3. The Morgan fingerprint density at radius 2 is 1.62 bits per heavy atom.